The number of carbonyl (C=O) groups excluding carboxylic acids is 1. The Labute approximate surface area is 169 Å². The van der Waals surface area contributed by atoms with Crippen LogP contribution in [0.3, 0.4) is 0 Å². The molecular formula is C22H23ClN2O3. The summed E-state index contributed by atoms with van der Waals surface area (Å²) in [7, 11) is 1.63. The molecule has 1 aromatic heterocycles. The number of rotatable bonds is 5. The van der Waals surface area contributed by atoms with Crippen LogP contribution in [-0.2, 0) is 17.9 Å². The van der Waals surface area contributed by atoms with E-state index in [1.54, 1.807) is 7.11 Å². The van der Waals surface area contributed by atoms with E-state index in [1.807, 2.05) is 47.4 Å². The fourth-order valence-electron chi connectivity index (χ4n) is 3.71. The van der Waals surface area contributed by atoms with Gasteiger partial charge in [0.2, 0.25) is 0 Å². The summed E-state index contributed by atoms with van der Waals surface area (Å²) in [5.74, 6) is 0.331. The van der Waals surface area contributed by atoms with Crippen LogP contribution in [0.2, 0.25) is 5.02 Å². The van der Waals surface area contributed by atoms with Gasteiger partial charge in [0.1, 0.15) is 5.58 Å². The number of ether oxygens (including phenoxy) is 1. The van der Waals surface area contributed by atoms with Crippen LogP contribution in [0.25, 0.3) is 11.0 Å². The summed E-state index contributed by atoms with van der Waals surface area (Å²) < 4.78 is 11.2. The second-order valence-corrected chi connectivity index (χ2v) is 7.47. The SMILES string of the molecule is COCc1c(C(=O)N2CCN(Cc3cccc(Cl)c3)CC2)oc2ccccc12. The standard InChI is InChI=1S/C22H23ClN2O3/c1-27-15-19-18-7-2-3-8-20(18)28-21(19)22(26)25-11-9-24(10-12-25)14-16-5-4-6-17(23)13-16/h2-8,13H,9-12,14-15H2,1H3. The molecule has 1 saturated heterocycles. The molecule has 0 bridgehead atoms. The highest BCUT2D eigenvalue weighted by atomic mass is 35.5. The molecule has 0 saturated carbocycles. The second kappa shape index (κ2) is 8.35. The lowest BCUT2D eigenvalue weighted by molar-refractivity contribution is 0.0594. The van der Waals surface area contributed by atoms with Gasteiger partial charge in [-0.3, -0.25) is 9.69 Å². The van der Waals surface area contributed by atoms with E-state index < -0.39 is 0 Å². The maximum atomic E-state index is 13.1. The van der Waals surface area contributed by atoms with Crippen LogP contribution in [0.4, 0.5) is 0 Å². The number of hydrogen-bond acceptors (Lipinski definition) is 4. The topological polar surface area (TPSA) is 45.9 Å². The molecule has 0 unspecified atom stereocenters. The van der Waals surface area contributed by atoms with E-state index in [-0.39, 0.29) is 5.91 Å². The highest BCUT2D eigenvalue weighted by Crippen LogP contribution is 2.28. The first kappa shape index (κ1) is 19.0. The zero-order chi connectivity index (χ0) is 19.5. The van der Waals surface area contributed by atoms with Crippen molar-refractivity contribution in [2.24, 2.45) is 0 Å². The molecule has 0 N–H and O–H groups in total. The Balaban J connectivity index is 1.45. The van der Waals surface area contributed by atoms with Crippen LogP contribution in [0, 0.1) is 0 Å². The third kappa shape index (κ3) is 3.92. The minimum absolute atomic E-state index is 0.0642. The van der Waals surface area contributed by atoms with Crippen molar-refractivity contribution in [3.8, 4) is 0 Å². The van der Waals surface area contributed by atoms with Gasteiger partial charge in [0.05, 0.1) is 6.61 Å². The number of amides is 1. The van der Waals surface area contributed by atoms with E-state index >= 15 is 0 Å². The zero-order valence-electron chi connectivity index (χ0n) is 15.9. The third-order valence-electron chi connectivity index (χ3n) is 5.14. The van der Waals surface area contributed by atoms with Crippen molar-refractivity contribution in [3.63, 3.8) is 0 Å². The van der Waals surface area contributed by atoms with Crippen molar-refractivity contribution < 1.29 is 13.9 Å². The van der Waals surface area contributed by atoms with E-state index in [9.17, 15) is 4.79 Å². The smallest absolute Gasteiger partial charge is 0.290 e. The molecule has 28 heavy (non-hydrogen) atoms. The number of furan rings is 1. The Hall–Kier alpha value is -2.34. The molecule has 1 amide bonds. The summed E-state index contributed by atoms with van der Waals surface area (Å²) in [4.78, 5) is 17.3. The Morgan fingerprint density at radius 2 is 1.89 bits per heavy atom. The van der Waals surface area contributed by atoms with Crippen molar-refractivity contribution in [2.75, 3.05) is 33.3 Å². The van der Waals surface area contributed by atoms with Crippen LogP contribution in [-0.4, -0.2) is 49.0 Å². The lowest BCUT2D eigenvalue weighted by Crippen LogP contribution is -2.48. The molecule has 4 rings (SSSR count). The largest absolute Gasteiger partial charge is 0.451 e. The maximum absolute atomic E-state index is 13.1. The maximum Gasteiger partial charge on any atom is 0.290 e. The highest BCUT2D eigenvalue weighted by Gasteiger charge is 2.28. The molecule has 0 spiro atoms. The molecule has 146 valence electrons. The minimum atomic E-state index is -0.0642. The molecule has 0 atom stereocenters. The Morgan fingerprint density at radius 1 is 1.11 bits per heavy atom. The normalized spacial score (nSPS) is 15.3. The Bertz CT molecular complexity index is 977. The summed E-state index contributed by atoms with van der Waals surface area (Å²) in [6.45, 7) is 4.16. The predicted molar refractivity (Wildman–Crippen MR) is 110 cm³/mol. The zero-order valence-corrected chi connectivity index (χ0v) is 16.6. The van der Waals surface area contributed by atoms with Crippen LogP contribution < -0.4 is 0 Å². The number of para-hydroxylation sites is 1. The highest BCUT2D eigenvalue weighted by molar-refractivity contribution is 6.30. The van der Waals surface area contributed by atoms with Crippen molar-refractivity contribution >= 4 is 28.5 Å². The van der Waals surface area contributed by atoms with Gasteiger partial charge >= 0.3 is 0 Å². The third-order valence-corrected chi connectivity index (χ3v) is 5.37. The van der Waals surface area contributed by atoms with Gasteiger partial charge in [0.15, 0.2) is 5.76 Å². The first-order chi connectivity index (χ1) is 13.7. The molecule has 0 radical (unpaired) electrons. The number of carbonyl (C=O) groups is 1. The summed E-state index contributed by atoms with van der Waals surface area (Å²) in [5, 5.41) is 1.69. The van der Waals surface area contributed by atoms with Gasteiger partial charge in [-0.2, -0.15) is 0 Å². The lowest BCUT2D eigenvalue weighted by atomic mass is 10.1. The van der Waals surface area contributed by atoms with Crippen molar-refractivity contribution in [1.82, 2.24) is 9.80 Å². The van der Waals surface area contributed by atoms with Gasteiger partial charge in [0, 0.05) is 55.8 Å². The van der Waals surface area contributed by atoms with Crippen LogP contribution >= 0.6 is 11.6 Å². The molecule has 2 aromatic carbocycles. The predicted octanol–water partition coefficient (Wildman–Crippen LogP) is 4.19. The van der Waals surface area contributed by atoms with E-state index in [0.717, 1.165) is 41.2 Å². The fraction of sp³-hybridized carbons (Fsp3) is 0.318. The van der Waals surface area contributed by atoms with Crippen LogP contribution in [0.1, 0.15) is 21.7 Å². The number of piperazine rings is 1. The quantitative estimate of drug-likeness (QED) is 0.646. The van der Waals surface area contributed by atoms with Gasteiger partial charge < -0.3 is 14.1 Å². The van der Waals surface area contributed by atoms with Gasteiger partial charge in [0.25, 0.3) is 5.91 Å². The average molecular weight is 399 g/mol. The summed E-state index contributed by atoms with van der Waals surface area (Å²) >= 11 is 6.08. The number of nitrogens with zero attached hydrogens (tertiary/aromatic N) is 2. The van der Waals surface area contributed by atoms with Crippen molar-refractivity contribution in [3.05, 3.63) is 70.4 Å². The van der Waals surface area contributed by atoms with E-state index in [2.05, 4.69) is 11.0 Å². The van der Waals surface area contributed by atoms with Gasteiger partial charge in [-0.25, -0.2) is 0 Å². The first-order valence-corrected chi connectivity index (χ1v) is 9.79. The molecule has 1 aliphatic rings. The number of benzene rings is 2. The van der Waals surface area contributed by atoms with Crippen LogP contribution in [0.5, 0.6) is 0 Å². The minimum Gasteiger partial charge on any atom is -0.451 e. The van der Waals surface area contributed by atoms with Gasteiger partial charge in [-0.1, -0.05) is 41.9 Å². The van der Waals surface area contributed by atoms with Crippen molar-refractivity contribution in [2.45, 2.75) is 13.2 Å². The van der Waals surface area contributed by atoms with Gasteiger partial charge in [-0.15, -0.1) is 0 Å². The number of fused-ring (bicyclic) bond motifs is 1. The Morgan fingerprint density at radius 3 is 2.64 bits per heavy atom. The summed E-state index contributed by atoms with van der Waals surface area (Å²) in [6.07, 6.45) is 0. The van der Waals surface area contributed by atoms with E-state index in [4.69, 9.17) is 20.8 Å². The number of methoxy groups -OCH3 is 1. The molecule has 6 heteroatoms. The molecule has 0 aliphatic carbocycles. The molecule has 5 nitrogen and oxygen atoms in total. The molecule has 1 fully saturated rings. The second-order valence-electron chi connectivity index (χ2n) is 7.04. The average Bonchev–Trinajstić information content (AvgIpc) is 3.07. The monoisotopic (exact) mass is 398 g/mol. The Kier molecular flexibility index (Phi) is 5.67. The lowest BCUT2D eigenvalue weighted by Gasteiger charge is -2.34. The fourth-order valence-corrected chi connectivity index (χ4v) is 3.92. The van der Waals surface area contributed by atoms with Gasteiger partial charge in [-0.05, 0) is 23.8 Å². The number of halogens is 1. The van der Waals surface area contributed by atoms with Crippen molar-refractivity contribution in [1.29, 1.82) is 0 Å². The van der Waals surface area contributed by atoms with E-state index in [0.29, 0.717) is 25.5 Å². The summed E-state index contributed by atoms with van der Waals surface area (Å²) in [6, 6.07) is 15.6. The molecule has 1 aliphatic heterocycles. The summed E-state index contributed by atoms with van der Waals surface area (Å²) in [5.41, 5.74) is 2.73. The first-order valence-electron chi connectivity index (χ1n) is 9.41. The van der Waals surface area contributed by atoms with E-state index in [1.165, 1.54) is 5.56 Å². The molecule has 3 aromatic rings. The number of hydrogen-bond donors (Lipinski definition) is 0. The molecule has 2 heterocycles. The molecular weight excluding hydrogens is 376 g/mol. The van der Waals surface area contributed by atoms with Crippen LogP contribution in [0.15, 0.2) is 52.9 Å².